The lowest BCUT2D eigenvalue weighted by molar-refractivity contribution is 0.577. The van der Waals surface area contributed by atoms with Gasteiger partial charge in [-0.15, -0.1) is 5.10 Å². The molecule has 3 rings (SSSR count). The first-order valence-electron chi connectivity index (χ1n) is 8.66. The molecule has 0 atom stereocenters. The first-order valence-corrected chi connectivity index (χ1v) is 8.66. The summed E-state index contributed by atoms with van der Waals surface area (Å²) in [5, 5.41) is 15.5. The molecule has 1 heterocycles. The van der Waals surface area contributed by atoms with Crippen molar-refractivity contribution >= 4 is 11.4 Å². The summed E-state index contributed by atoms with van der Waals surface area (Å²) in [7, 11) is 1.96. The molecule has 0 aliphatic heterocycles. The topological polar surface area (TPSA) is 58.9 Å². The Balaban J connectivity index is 1.78. The fraction of sp³-hybridized carbons (Fsp3) is 0.316. The van der Waals surface area contributed by atoms with Crippen molar-refractivity contribution in [2.45, 2.75) is 19.9 Å². The van der Waals surface area contributed by atoms with Crippen LogP contribution in [0.3, 0.4) is 0 Å². The highest BCUT2D eigenvalue weighted by molar-refractivity contribution is 5.69. The lowest BCUT2D eigenvalue weighted by Crippen LogP contribution is -2.29. The second-order valence-corrected chi connectivity index (χ2v) is 5.85. The van der Waals surface area contributed by atoms with Crippen LogP contribution in [0.15, 0.2) is 54.6 Å². The van der Waals surface area contributed by atoms with Crippen molar-refractivity contribution < 1.29 is 0 Å². The first-order chi connectivity index (χ1) is 12.3. The Hall–Kier alpha value is -2.89. The van der Waals surface area contributed by atoms with Gasteiger partial charge in [0, 0.05) is 25.7 Å². The normalized spacial score (nSPS) is 10.6. The summed E-state index contributed by atoms with van der Waals surface area (Å²) in [5.41, 5.74) is 3.38. The van der Waals surface area contributed by atoms with Gasteiger partial charge < -0.3 is 10.2 Å². The third-order valence-corrected chi connectivity index (χ3v) is 4.15. The fourth-order valence-corrected chi connectivity index (χ4v) is 2.95. The quantitative estimate of drug-likeness (QED) is 0.684. The smallest absolute Gasteiger partial charge is 0.182 e. The number of hydrogen-bond acceptors (Lipinski definition) is 5. The van der Waals surface area contributed by atoms with Gasteiger partial charge in [0.1, 0.15) is 0 Å². The van der Waals surface area contributed by atoms with E-state index in [1.807, 2.05) is 48.1 Å². The molecule has 0 aliphatic carbocycles. The molecule has 0 saturated heterocycles. The lowest BCUT2D eigenvalue weighted by atomic mass is 10.2. The maximum atomic E-state index is 4.19. The molecule has 0 fully saturated rings. The number of anilines is 2. The zero-order valence-electron chi connectivity index (χ0n) is 14.8. The Morgan fingerprint density at radius 3 is 2.52 bits per heavy atom. The molecule has 130 valence electrons. The molecule has 0 aliphatic rings. The summed E-state index contributed by atoms with van der Waals surface area (Å²) < 4.78 is 1.87. The molecule has 1 N–H and O–H groups in total. The van der Waals surface area contributed by atoms with Crippen LogP contribution < -0.4 is 10.2 Å². The highest BCUT2D eigenvalue weighted by atomic mass is 15.5. The number of aromatic nitrogens is 4. The molecule has 0 radical (unpaired) electrons. The van der Waals surface area contributed by atoms with Crippen LogP contribution in [0.4, 0.5) is 11.4 Å². The summed E-state index contributed by atoms with van der Waals surface area (Å²) in [6.45, 7) is 4.76. The zero-order chi connectivity index (χ0) is 17.5. The summed E-state index contributed by atoms with van der Waals surface area (Å²) in [6.07, 6.45) is 1.08. The highest BCUT2D eigenvalue weighted by Gasteiger charge is 2.13. The van der Waals surface area contributed by atoms with Gasteiger partial charge in [-0.25, -0.2) is 4.68 Å². The molecule has 3 aromatic rings. The molecular weight excluding hydrogens is 312 g/mol. The lowest BCUT2D eigenvalue weighted by Gasteiger charge is -2.26. The predicted molar refractivity (Wildman–Crippen MR) is 102 cm³/mol. The number of nitrogens with one attached hydrogen (secondary N) is 1. The van der Waals surface area contributed by atoms with E-state index in [1.165, 1.54) is 5.69 Å². The molecule has 0 unspecified atom stereocenters. The summed E-state index contributed by atoms with van der Waals surface area (Å²) in [6, 6.07) is 18.4. The van der Waals surface area contributed by atoms with Crippen molar-refractivity contribution in [1.82, 2.24) is 20.2 Å². The molecular formula is C19H24N6. The third-order valence-electron chi connectivity index (χ3n) is 4.15. The Labute approximate surface area is 148 Å². The molecule has 6 nitrogen and oxygen atoms in total. The molecule has 2 aromatic carbocycles. The summed E-state index contributed by atoms with van der Waals surface area (Å²) >= 11 is 0. The van der Waals surface area contributed by atoms with Crippen molar-refractivity contribution in [3.63, 3.8) is 0 Å². The van der Waals surface area contributed by atoms with Crippen LogP contribution in [0, 0.1) is 0 Å². The second-order valence-electron chi connectivity index (χ2n) is 5.85. The Morgan fingerprint density at radius 1 is 1.00 bits per heavy atom. The van der Waals surface area contributed by atoms with E-state index >= 15 is 0 Å². The summed E-state index contributed by atoms with van der Waals surface area (Å²) in [4.78, 5) is 2.38. The van der Waals surface area contributed by atoms with Crippen molar-refractivity contribution in [3.05, 3.63) is 54.6 Å². The number of tetrazole rings is 1. The number of benzene rings is 2. The summed E-state index contributed by atoms with van der Waals surface area (Å²) in [5.74, 6) is 0.805. The molecule has 25 heavy (non-hydrogen) atoms. The number of para-hydroxylation sites is 2. The largest absolute Gasteiger partial charge is 0.386 e. The van der Waals surface area contributed by atoms with Crippen LogP contribution >= 0.6 is 0 Å². The maximum Gasteiger partial charge on any atom is 0.182 e. The van der Waals surface area contributed by atoms with E-state index in [1.54, 1.807) is 0 Å². The van der Waals surface area contributed by atoms with Gasteiger partial charge >= 0.3 is 0 Å². The minimum atomic E-state index is 0.731. The highest BCUT2D eigenvalue weighted by Crippen LogP contribution is 2.25. The van der Waals surface area contributed by atoms with Gasteiger partial charge in [0.15, 0.2) is 5.82 Å². The van der Waals surface area contributed by atoms with Gasteiger partial charge in [0.2, 0.25) is 0 Å². The van der Waals surface area contributed by atoms with Crippen molar-refractivity contribution in [1.29, 1.82) is 0 Å². The van der Waals surface area contributed by atoms with Crippen LogP contribution in [0.1, 0.15) is 13.3 Å². The molecule has 0 amide bonds. The zero-order valence-corrected chi connectivity index (χ0v) is 14.8. The van der Waals surface area contributed by atoms with E-state index in [9.17, 15) is 0 Å². The average Bonchev–Trinajstić information content (AvgIpc) is 3.14. The van der Waals surface area contributed by atoms with E-state index in [-0.39, 0.29) is 0 Å². The first kappa shape index (κ1) is 17.0. The average molecular weight is 336 g/mol. The van der Waals surface area contributed by atoms with Gasteiger partial charge in [-0.2, -0.15) is 0 Å². The minimum Gasteiger partial charge on any atom is -0.386 e. The fourth-order valence-electron chi connectivity index (χ4n) is 2.95. The maximum absolute atomic E-state index is 4.19. The van der Waals surface area contributed by atoms with Crippen molar-refractivity contribution in [2.75, 3.05) is 30.4 Å². The second kappa shape index (κ2) is 8.28. The molecule has 0 saturated carbocycles. The van der Waals surface area contributed by atoms with Crippen LogP contribution in [-0.2, 0) is 6.54 Å². The molecule has 0 bridgehead atoms. The standard InChI is InChI=1S/C19H24N6/c1-3-13-24(18-12-8-7-11-17(18)20-2)14-15-25-19(21-22-23-25)16-9-5-4-6-10-16/h4-12,20H,3,13-15H2,1-2H3. The van der Waals surface area contributed by atoms with Gasteiger partial charge in [-0.1, -0.05) is 49.4 Å². The van der Waals surface area contributed by atoms with Gasteiger partial charge in [-0.3, -0.25) is 0 Å². The SMILES string of the molecule is CCCN(CCn1nnnc1-c1ccccc1)c1ccccc1NC. The van der Waals surface area contributed by atoms with Crippen LogP contribution in [0.2, 0.25) is 0 Å². The van der Waals surface area contributed by atoms with Crippen molar-refractivity contribution in [2.24, 2.45) is 0 Å². The van der Waals surface area contributed by atoms with Gasteiger partial charge in [0.05, 0.1) is 17.9 Å². The molecule has 6 heteroatoms. The molecule has 0 spiro atoms. The minimum absolute atomic E-state index is 0.731. The van der Waals surface area contributed by atoms with E-state index in [4.69, 9.17) is 0 Å². The Bertz CT molecular complexity index is 783. The van der Waals surface area contributed by atoms with E-state index in [0.29, 0.717) is 0 Å². The number of hydrogen-bond donors (Lipinski definition) is 1. The van der Waals surface area contributed by atoms with Crippen LogP contribution in [0.5, 0.6) is 0 Å². The van der Waals surface area contributed by atoms with E-state index in [0.717, 1.165) is 43.1 Å². The van der Waals surface area contributed by atoms with E-state index in [2.05, 4.69) is 50.9 Å². The third kappa shape index (κ3) is 3.96. The Kier molecular flexibility index (Phi) is 5.61. The van der Waals surface area contributed by atoms with E-state index < -0.39 is 0 Å². The Morgan fingerprint density at radius 2 is 1.76 bits per heavy atom. The van der Waals surface area contributed by atoms with Gasteiger partial charge in [0.25, 0.3) is 0 Å². The van der Waals surface area contributed by atoms with Crippen LogP contribution in [0.25, 0.3) is 11.4 Å². The predicted octanol–water partition coefficient (Wildman–Crippen LogP) is 3.30. The number of nitrogens with zero attached hydrogens (tertiary/aromatic N) is 5. The van der Waals surface area contributed by atoms with Gasteiger partial charge in [-0.05, 0) is 29.0 Å². The van der Waals surface area contributed by atoms with Crippen LogP contribution in [-0.4, -0.2) is 40.3 Å². The molecule has 1 aromatic heterocycles. The van der Waals surface area contributed by atoms with Crippen molar-refractivity contribution in [3.8, 4) is 11.4 Å². The monoisotopic (exact) mass is 336 g/mol. The number of rotatable bonds is 8.